The molecule has 2 heterocycles. The van der Waals surface area contributed by atoms with E-state index in [4.69, 9.17) is 5.73 Å². The third-order valence-electron chi connectivity index (χ3n) is 4.99. The van der Waals surface area contributed by atoms with Crippen LogP contribution in [0.1, 0.15) is 26.2 Å². The lowest BCUT2D eigenvalue weighted by Gasteiger charge is -2.53. The average molecular weight is 341 g/mol. The van der Waals surface area contributed by atoms with E-state index in [0.717, 1.165) is 52.0 Å². The van der Waals surface area contributed by atoms with Crippen LogP contribution in [0.25, 0.3) is 0 Å². The van der Waals surface area contributed by atoms with Gasteiger partial charge in [0.2, 0.25) is 5.91 Å². The van der Waals surface area contributed by atoms with Crippen molar-refractivity contribution in [2.45, 2.75) is 37.8 Å². The van der Waals surface area contributed by atoms with Crippen LogP contribution in [0.4, 0.5) is 0 Å². The molecular formula is C14H30Cl2N4O. The standard InChI is InChI=1S/C14H28N4O.2ClH/c1-4-12(15)13(19)18-10-9-17(3)14(11-18)5-7-16(2)8-6-14;;/h12H,4-11,15H2,1-3H3;2*1H/t12-;;/m0../s1. The van der Waals surface area contributed by atoms with Gasteiger partial charge in [0.25, 0.3) is 0 Å². The third-order valence-corrected chi connectivity index (χ3v) is 4.99. The predicted molar refractivity (Wildman–Crippen MR) is 91.4 cm³/mol. The summed E-state index contributed by atoms with van der Waals surface area (Å²) in [6.45, 7) is 6.85. The summed E-state index contributed by atoms with van der Waals surface area (Å²) in [6, 6.07) is -0.327. The zero-order chi connectivity index (χ0) is 14.0. The summed E-state index contributed by atoms with van der Waals surface area (Å²) in [6.07, 6.45) is 3.01. The molecule has 21 heavy (non-hydrogen) atoms. The van der Waals surface area contributed by atoms with Crippen LogP contribution in [0.3, 0.4) is 0 Å². The van der Waals surface area contributed by atoms with Gasteiger partial charge in [-0.15, -0.1) is 24.8 Å². The fourth-order valence-electron chi connectivity index (χ4n) is 3.23. The van der Waals surface area contributed by atoms with Gasteiger partial charge in [-0.2, -0.15) is 0 Å². The highest BCUT2D eigenvalue weighted by Crippen LogP contribution is 2.31. The van der Waals surface area contributed by atoms with E-state index in [1.807, 2.05) is 11.8 Å². The second-order valence-electron chi connectivity index (χ2n) is 6.22. The van der Waals surface area contributed by atoms with Crippen LogP contribution in [0.15, 0.2) is 0 Å². The maximum atomic E-state index is 12.3. The van der Waals surface area contributed by atoms with Crippen molar-refractivity contribution in [1.82, 2.24) is 14.7 Å². The van der Waals surface area contributed by atoms with Gasteiger partial charge in [-0.1, -0.05) is 6.92 Å². The topological polar surface area (TPSA) is 52.8 Å². The molecular weight excluding hydrogens is 311 g/mol. The molecule has 2 aliphatic heterocycles. The van der Waals surface area contributed by atoms with Crippen LogP contribution in [0.5, 0.6) is 0 Å². The number of likely N-dealkylation sites (N-methyl/N-ethyl adjacent to an activating group) is 1. The van der Waals surface area contributed by atoms with Crippen molar-refractivity contribution in [2.75, 3.05) is 46.8 Å². The first-order valence-corrected chi connectivity index (χ1v) is 7.42. The first kappa shape index (κ1) is 20.9. The van der Waals surface area contributed by atoms with Crippen LogP contribution >= 0.6 is 24.8 Å². The SMILES string of the molecule is CC[C@H](N)C(=O)N1CCN(C)C2(CCN(C)CC2)C1.Cl.Cl. The number of piperidine rings is 1. The molecule has 0 aromatic carbocycles. The van der Waals surface area contributed by atoms with Crippen molar-refractivity contribution >= 4 is 30.7 Å². The van der Waals surface area contributed by atoms with Gasteiger partial charge >= 0.3 is 0 Å². The zero-order valence-corrected chi connectivity index (χ0v) is 15.0. The predicted octanol–water partition coefficient (Wildman–Crippen LogP) is 0.806. The molecule has 0 bridgehead atoms. The minimum atomic E-state index is -0.327. The van der Waals surface area contributed by atoms with Crippen LogP contribution < -0.4 is 5.73 Å². The van der Waals surface area contributed by atoms with Gasteiger partial charge < -0.3 is 15.5 Å². The molecule has 0 aliphatic carbocycles. The van der Waals surface area contributed by atoms with E-state index in [0.29, 0.717) is 0 Å². The summed E-state index contributed by atoms with van der Waals surface area (Å²) in [5, 5.41) is 0. The van der Waals surface area contributed by atoms with Crippen molar-refractivity contribution in [3.05, 3.63) is 0 Å². The third kappa shape index (κ3) is 4.45. The largest absolute Gasteiger partial charge is 0.338 e. The fraction of sp³-hybridized carbons (Fsp3) is 0.929. The Morgan fingerprint density at radius 2 is 1.71 bits per heavy atom. The van der Waals surface area contributed by atoms with Gasteiger partial charge in [0.1, 0.15) is 0 Å². The minimum Gasteiger partial charge on any atom is -0.338 e. The summed E-state index contributed by atoms with van der Waals surface area (Å²) in [5.74, 6) is 0.133. The highest BCUT2D eigenvalue weighted by Gasteiger charge is 2.43. The molecule has 2 rings (SSSR count). The lowest BCUT2D eigenvalue weighted by atomic mass is 9.83. The summed E-state index contributed by atoms with van der Waals surface area (Å²) in [7, 11) is 4.37. The van der Waals surface area contributed by atoms with E-state index in [-0.39, 0.29) is 42.3 Å². The monoisotopic (exact) mass is 340 g/mol. The van der Waals surface area contributed by atoms with Gasteiger partial charge in [-0.05, 0) is 46.4 Å². The first-order chi connectivity index (χ1) is 8.98. The quantitative estimate of drug-likeness (QED) is 0.808. The number of rotatable bonds is 2. The second-order valence-corrected chi connectivity index (χ2v) is 6.22. The summed E-state index contributed by atoms with van der Waals surface area (Å²) in [4.78, 5) is 19.1. The molecule has 0 unspecified atom stereocenters. The van der Waals surface area contributed by atoms with Crippen LogP contribution in [-0.2, 0) is 4.79 Å². The molecule has 2 aliphatic rings. The number of halogens is 2. The summed E-state index contributed by atoms with van der Waals surface area (Å²) in [5.41, 5.74) is 6.08. The van der Waals surface area contributed by atoms with E-state index in [9.17, 15) is 4.79 Å². The molecule has 126 valence electrons. The van der Waals surface area contributed by atoms with E-state index >= 15 is 0 Å². The molecule has 0 aromatic rings. The van der Waals surface area contributed by atoms with Gasteiger partial charge in [-0.3, -0.25) is 9.69 Å². The van der Waals surface area contributed by atoms with Gasteiger partial charge in [0.15, 0.2) is 0 Å². The number of nitrogens with two attached hydrogens (primary N) is 1. The van der Waals surface area contributed by atoms with Crippen LogP contribution in [-0.4, -0.2) is 79.0 Å². The van der Waals surface area contributed by atoms with Crippen molar-refractivity contribution in [1.29, 1.82) is 0 Å². The molecule has 0 radical (unpaired) electrons. The molecule has 7 heteroatoms. The molecule has 1 atom stereocenters. The molecule has 5 nitrogen and oxygen atoms in total. The molecule has 0 aromatic heterocycles. The van der Waals surface area contributed by atoms with Crippen LogP contribution in [0, 0.1) is 0 Å². The highest BCUT2D eigenvalue weighted by molar-refractivity contribution is 5.85. The first-order valence-electron chi connectivity index (χ1n) is 7.42. The smallest absolute Gasteiger partial charge is 0.239 e. The Balaban J connectivity index is 0.00000200. The Morgan fingerprint density at radius 1 is 1.14 bits per heavy atom. The number of carbonyl (C=O) groups is 1. The fourth-order valence-corrected chi connectivity index (χ4v) is 3.23. The van der Waals surface area contributed by atoms with Gasteiger partial charge in [0, 0.05) is 25.2 Å². The molecule has 2 saturated heterocycles. The van der Waals surface area contributed by atoms with E-state index < -0.39 is 0 Å². The van der Waals surface area contributed by atoms with Crippen molar-refractivity contribution < 1.29 is 4.79 Å². The molecule has 2 N–H and O–H groups in total. The van der Waals surface area contributed by atoms with E-state index in [1.54, 1.807) is 0 Å². The number of likely N-dealkylation sites (tertiary alicyclic amines) is 1. The van der Waals surface area contributed by atoms with Gasteiger partial charge in [-0.25, -0.2) is 0 Å². The Kier molecular flexibility index (Phi) is 8.50. The minimum absolute atomic E-state index is 0. The van der Waals surface area contributed by atoms with E-state index in [1.165, 1.54) is 0 Å². The Labute approximate surface area is 141 Å². The molecule has 2 fully saturated rings. The maximum Gasteiger partial charge on any atom is 0.239 e. The lowest BCUT2D eigenvalue weighted by Crippen LogP contribution is -2.66. The summed E-state index contributed by atoms with van der Waals surface area (Å²) < 4.78 is 0. The van der Waals surface area contributed by atoms with Crippen LogP contribution in [0.2, 0.25) is 0 Å². The van der Waals surface area contributed by atoms with Crippen molar-refractivity contribution in [3.8, 4) is 0 Å². The van der Waals surface area contributed by atoms with Crippen molar-refractivity contribution in [2.24, 2.45) is 5.73 Å². The Morgan fingerprint density at radius 3 is 2.24 bits per heavy atom. The normalized spacial score (nSPS) is 24.1. The lowest BCUT2D eigenvalue weighted by molar-refractivity contribution is -0.139. The van der Waals surface area contributed by atoms with Crippen molar-refractivity contribution in [3.63, 3.8) is 0 Å². The highest BCUT2D eigenvalue weighted by atomic mass is 35.5. The maximum absolute atomic E-state index is 12.3. The zero-order valence-electron chi connectivity index (χ0n) is 13.4. The number of nitrogens with zero attached hydrogens (tertiary/aromatic N) is 3. The number of hydrogen-bond acceptors (Lipinski definition) is 4. The number of carbonyl (C=O) groups excluding carboxylic acids is 1. The second kappa shape index (κ2) is 8.53. The average Bonchev–Trinajstić information content (AvgIpc) is 2.43. The summed E-state index contributed by atoms with van der Waals surface area (Å²) >= 11 is 0. The number of piperazine rings is 1. The van der Waals surface area contributed by atoms with E-state index in [2.05, 4.69) is 23.9 Å². The number of hydrogen-bond donors (Lipinski definition) is 1. The molecule has 0 saturated carbocycles. The van der Waals surface area contributed by atoms with Gasteiger partial charge in [0.05, 0.1) is 6.04 Å². The number of amides is 1. The molecule has 1 spiro atoms. The Hall–Kier alpha value is -0.0700. The Bertz CT molecular complexity index is 335. The molecule has 1 amide bonds.